The van der Waals surface area contributed by atoms with Crippen molar-refractivity contribution in [1.82, 2.24) is 4.98 Å². The Hall–Kier alpha value is -1.14. The standard InChI is InChI=1S/C11H16N2O3S/c1-3-16-10(14)8-9(17-7-12-8)13-11(2)4-5-15-6-11/h7,13H,3-6H2,1-2H3. The number of nitrogens with zero attached hydrogens (tertiary/aromatic N) is 1. The molecule has 0 aliphatic carbocycles. The maximum Gasteiger partial charge on any atom is 0.360 e. The molecule has 0 saturated carbocycles. The molecule has 17 heavy (non-hydrogen) atoms. The third-order valence-electron chi connectivity index (χ3n) is 2.67. The third kappa shape index (κ3) is 2.76. The first-order chi connectivity index (χ1) is 8.14. The Balaban J connectivity index is 2.11. The van der Waals surface area contributed by atoms with Crippen LogP contribution in [-0.2, 0) is 9.47 Å². The minimum atomic E-state index is -0.376. The topological polar surface area (TPSA) is 60.5 Å². The predicted molar refractivity (Wildman–Crippen MR) is 65.5 cm³/mol. The highest BCUT2D eigenvalue weighted by atomic mass is 32.1. The zero-order chi connectivity index (χ0) is 12.3. The number of anilines is 1. The Labute approximate surface area is 104 Å². The Kier molecular flexibility index (Phi) is 3.63. The van der Waals surface area contributed by atoms with Gasteiger partial charge in [0.25, 0.3) is 0 Å². The largest absolute Gasteiger partial charge is 0.461 e. The van der Waals surface area contributed by atoms with E-state index in [9.17, 15) is 4.79 Å². The van der Waals surface area contributed by atoms with Crippen LogP contribution in [0.1, 0.15) is 30.8 Å². The van der Waals surface area contributed by atoms with Crippen LogP contribution in [0.2, 0.25) is 0 Å². The molecule has 1 aliphatic rings. The lowest BCUT2D eigenvalue weighted by Crippen LogP contribution is -2.35. The maximum absolute atomic E-state index is 11.7. The summed E-state index contributed by atoms with van der Waals surface area (Å²) >= 11 is 1.41. The van der Waals surface area contributed by atoms with Crippen LogP contribution in [0.5, 0.6) is 0 Å². The Morgan fingerprint density at radius 3 is 3.24 bits per heavy atom. The highest BCUT2D eigenvalue weighted by molar-refractivity contribution is 7.14. The van der Waals surface area contributed by atoms with E-state index in [0.29, 0.717) is 18.9 Å². The molecular weight excluding hydrogens is 240 g/mol. The minimum absolute atomic E-state index is 0.117. The summed E-state index contributed by atoms with van der Waals surface area (Å²) in [6.45, 7) is 5.61. The number of hydrogen-bond donors (Lipinski definition) is 1. The molecule has 1 aromatic heterocycles. The van der Waals surface area contributed by atoms with Gasteiger partial charge in [-0.15, -0.1) is 11.3 Å². The van der Waals surface area contributed by atoms with Crippen LogP contribution in [-0.4, -0.2) is 36.3 Å². The first kappa shape index (κ1) is 12.3. The van der Waals surface area contributed by atoms with Gasteiger partial charge in [-0.1, -0.05) is 0 Å². The van der Waals surface area contributed by atoms with Gasteiger partial charge in [-0.2, -0.15) is 0 Å². The highest BCUT2D eigenvalue weighted by Gasteiger charge is 2.31. The fourth-order valence-corrected chi connectivity index (χ4v) is 2.54. The average molecular weight is 256 g/mol. The predicted octanol–water partition coefficient (Wildman–Crippen LogP) is 1.91. The summed E-state index contributed by atoms with van der Waals surface area (Å²) in [5.74, 6) is -0.376. The van der Waals surface area contributed by atoms with Crippen molar-refractivity contribution in [3.05, 3.63) is 11.2 Å². The molecule has 0 radical (unpaired) electrons. The molecule has 94 valence electrons. The molecule has 6 heteroatoms. The molecule has 1 N–H and O–H groups in total. The van der Waals surface area contributed by atoms with E-state index in [1.165, 1.54) is 11.3 Å². The van der Waals surface area contributed by atoms with Crippen LogP contribution >= 0.6 is 11.3 Å². The molecular formula is C11H16N2O3S. The van der Waals surface area contributed by atoms with Crippen LogP contribution in [0.3, 0.4) is 0 Å². The van der Waals surface area contributed by atoms with Crippen molar-refractivity contribution in [3.63, 3.8) is 0 Å². The molecule has 1 unspecified atom stereocenters. The second-order valence-electron chi connectivity index (χ2n) is 4.24. The van der Waals surface area contributed by atoms with Crippen LogP contribution in [0.15, 0.2) is 5.51 Å². The third-order valence-corrected chi connectivity index (χ3v) is 3.41. The number of rotatable bonds is 4. The lowest BCUT2D eigenvalue weighted by Gasteiger charge is -2.24. The quantitative estimate of drug-likeness (QED) is 0.834. The second kappa shape index (κ2) is 5.01. The van der Waals surface area contributed by atoms with Crippen LogP contribution in [0.4, 0.5) is 5.00 Å². The normalized spacial score (nSPS) is 23.6. The Morgan fingerprint density at radius 2 is 2.59 bits per heavy atom. The summed E-state index contributed by atoms with van der Waals surface area (Å²) in [5, 5.41) is 4.10. The molecule has 0 spiro atoms. The van der Waals surface area contributed by atoms with Gasteiger partial charge in [0.15, 0.2) is 5.69 Å². The van der Waals surface area contributed by atoms with E-state index in [2.05, 4.69) is 17.2 Å². The van der Waals surface area contributed by atoms with Crippen LogP contribution in [0, 0.1) is 0 Å². The second-order valence-corrected chi connectivity index (χ2v) is 5.09. The minimum Gasteiger partial charge on any atom is -0.461 e. The number of hydrogen-bond acceptors (Lipinski definition) is 6. The smallest absolute Gasteiger partial charge is 0.360 e. The van der Waals surface area contributed by atoms with Gasteiger partial charge in [0, 0.05) is 6.61 Å². The fraction of sp³-hybridized carbons (Fsp3) is 0.636. The summed E-state index contributed by atoms with van der Waals surface area (Å²) in [5.41, 5.74) is 1.90. The molecule has 2 rings (SSSR count). The molecule has 0 aromatic carbocycles. The maximum atomic E-state index is 11.7. The zero-order valence-corrected chi connectivity index (χ0v) is 10.8. The number of thiazole rings is 1. The fourth-order valence-electron chi connectivity index (χ4n) is 1.72. The van der Waals surface area contributed by atoms with E-state index < -0.39 is 0 Å². The number of esters is 1. The molecule has 2 heterocycles. The number of ether oxygens (including phenoxy) is 2. The Morgan fingerprint density at radius 1 is 1.76 bits per heavy atom. The molecule has 0 bridgehead atoms. The van der Waals surface area contributed by atoms with E-state index in [0.717, 1.165) is 18.0 Å². The van der Waals surface area contributed by atoms with Crippen molar-refractivity contribution in [1.29, 1.82) is 0 Å². The summed E-state index contributed by atoms with van der Waals surface area (Å²) in [4.78, 5) is 15.7. The SMILES string of the molecule is CCOC(=O)c1ncsc1NC1(C)CCOC1. The average Bonchev–Trinajstić information content (AvgIpc) is 2.88. The van der Waals surface area contributed by atoms with Gasteiger partial charge < -0.3 is 14.8 Å². The van der Waals surface area contributed by atoms with Gasteiger partial charge >= 0.3 is 5.97 Å². The van der Waals surface area contributed by atoms with Crippen molar-refractivity contribution >= 4 is 22.3 Å². The molecule has 1 aromatic rings. The number of carbonyl (C=O) groups is 1. The first-order valence-electron chi connectivity index (χ1n) is 5.61. The number of aromatic nitrogens is 1. The lowest BCUT2D eigenvalue weighted by atomic mass is 10.0. The van der Waals surface area contributed by atoms with Gasteiger partial charge in [-0.3, -0.25) is 0 Å². The first-order valence-corrected chi connectivity index (χ1v) is 6.49. The molecule has 1 fully saturated rings. The molecule has 0 amide bonds. The van der Waals surface area contributed by atoms with Crippen LogP contribution < -0.4 is 5.32 Å². The summed E-state index contributed by atoms with van der Waals surface area (Å²) in [7, 11) is 0. The van der Waals surface area contributed by atoms with Crippen molar-refractivity contribution < 1.29 is 14.3 Å². The van der Waals surface area contributed by atoms with Crippen molar-refractivity contribution in [3.8, 4) is 0 Å². The van der Waals surface area contributed by atoms with E-state index >= 15 is 0 Å². The van der Waals surface area contributed by atoms with Gasteiger partial charge in [0.2, 0.25) is 0 Å². The van der Waals surface area contributed by atoms with Crippen molar-refractivity contribution in [2.45, 2.75) is 25.8 Å². The van der Waals surface area contributed by atoms with Crippen molar-refractivity contribution in [2.24, 2.45) is 0 Å². The number of nitrogens with one attached hydrogen (secondary N) is 1. The van der Waals surface area contributed by atoms with Gasteiger partial charge in [-0.05, 0) is 20.3 Å². The van der Waals surface area contributed by atoms with Gasteiger partial charge in [-0.25, -0.2) is 9.78 Å². The lowest BCUT2D eigenvalue weighted by molar-refractivity contribution is 0.0521. The van der Waals surface area contributed by atoms with E-state index in [1.807, 2.05) is 0 Å². The molecule has 1 aliphatic heterocycles. The van der Waals surface area contributed by atoms with Crippen molar-refractivity contribution in [2.75, 3.05) is 25.1 Å². The summed E-state index contributed by atoms with van der Waals surface area (Å²) in [6, 6.07) is 0. The van der Waals surface area contributed by atoms with Gasteiger partial charge in [0.1, 0.15) is 5.00 Å². The summed E-state index contributed by atoms with van der Waals surface area (Å²) in [6.07, 6.45) is 0.924. The van der Waals surface area contributed by atoms with E-state index in [1.54, 1.807) is 12.4 Å². The van der Waals surface area contributed by atoms with Gasteiger partial charge in [0.05, 0.1) is 24.3 Å². The number of carbonyl (C=O) groups excluding carboxylic acids is 1. The summed E-state index contributed by atoms with van der Waals surface area (Å²) < 4.78 is 10.3. The monoisotopic (exact) mass is 256 g/mol. The van der Waals surface area contributed by atoms with E-state index in [-0.39, 0.29) is 11.5 Å². The van der Waals surface area contributed by atoms with E-state index in [4.69, 9.17) is 9.47 Å². The highest BCUT2D eigenvalue weighted by Crippen LogP contribution is 2.29. The van der Waals surface area contributed by atoms with Crippen LogP contribution in [0.25, 0.3) is 0 Å². The molecule has 5 nitrogen and oxygen atoms in total. The Bertz CT molecular complexity index is 399. The molecule has 1 atom stereocenters. The zero-order valence-electron chi connectivity index (χ0n) is 9.99. The molecule has 1 saturated heterocycles.